The second-order valence-corrected chi connectivity index (χ2v) is 7.87. The van der Waals surface area contributed by atoms with Gasteiger partial charge in [-0.25, -0.2) is 14.6 Å². The molecule has 0 fully saturated rings. The Morgan fingerprint density at radius 1 is 1.09 bits per heavy atom. The summed E-state index contributed by atoms with van der Waals surface area (Å²) >= 11 is 6.16. The highest BCUT2D eigenvalue weighted by atomic mass is 35.5. The molecular formula is C24H20ClN7O2. The number of aromatic nitrogens is 6. The first-order valence-electron chi connectivity index (χ1n) is 10.6. The molecule has 5 aromatic rings. The van der Waals surface area contributed by atoms with Crippen LogP contribution in [0.3, 0.4) is 0 Å². The fourth-order valence-electron chi connectivity index (χ4n) is 3.67. The second-order valence-electron chi connectivity index (χ2n) is 7.44. The number of fused-ring (bicyclic) bond motifs is 1. The number of nitrogens with zero attached hydrogens (tertiary/aromatic N) is 6. The van der Waals surface area contributed by atoms with Gasteiger partial charge in [0.2, 0.25) is 0 Å². The van der Waals surface area contributed by atoms with Crippen molar-refractivity contribution in [2.24, 2.45) is 0 Å². The van der Waals surface area contributed by atoms with E-state index in [2.05, 4.69) is 25.5 Å². The lowest BCUT2D eigenvalue weighted by atomic mass is 10.2. The van der Waals surface area contributed by atoms with Crippen molar-refractivity contribution in [3.05, 3.63) is 83.4 Å². The summed E-state index contributed by atoms with van der Waals surface area (Å²) in [4.78, 5) is 21.9. The Kier molecular flexibility index (Phi) is 5.69. The quantitative estimate of drug-likeness (QED) is 0.386. The van der Waals surface area contributed by atoms with E-state index in [-0.39, 0.29) is 5.91 Å². The van der Waals surface area contributed by atoms with Crippen LogP contribution in [0.25, 0.3) is 22.5 Å². The number of hydrogen-bond donors (Lipinski definition) is 1. The molecule has 10 heteroatoms. The molecule has 34 heavy (non-hydrogen) atoms. The van der Waals surface area contributed by atoms with Crippen LogP contribution in [0.1, 0.15) is 23.0 Å². The third kappa shape index (κ3) is 3.97. The van der Waals surface area contributed by atoms with Crippen LogP contribution in [0.2, 0.25) is 5.02 Å². The summed E-state index contributed by atoms with van der Waals surface area (Å²) in [5.41, 5.74) is 2.49. The summed E-state index contributed by atoms with van der Waals surface area (Å²) in [5.74, 6) is 1.15. The summed E-state index contributed by atoms with van der Waals surface area (Å²) in [6.45, 7) is 4.17. The topological polar surface area (TPSA) is 99.8 Å². The van der Waals surface area contributed by atoms with E-state index in [0.717, 1.165) is 5.69 Å². The second kappa shape index (κ2) is 8.95. The molecule has 0 aliphatic heterocycles. The lowest BCUT2D eigenvalue weighted by molar-refractivity contribution is 0.102. The lowest BCUT2D eigenvalue weighted by Crippen LogP contribution is -2.17. The van der Waals surface area contributed by atoms with Crippen LogP contribution in [-0.4, -0.2) is 42.0 Å². The minimum Gasteiger partial charge on any atom is -0.493 e. The van der Waals surface area contributed by atoms with Crippen molar-refractivity contribution < 1.29 is 9.53 Å². The van der Waals surface area contributed by atoms with Crippen LogP contribution < -0.4 is 10.1 Å². The van der Waals surface area contributed by atoms with E-state index < -0.39 is 0 Å². The highest BCUT2D eigenvalue weighted by Gasteiger charge is 2.19. The van der Waals surface area contributed by atoms with Crippen molar-refractivity contribution in [2.45, 2.75) is 13.8 Å². The Balaban J connectivity index is 1.55. The van der Waals surface area contributed by atoms with Gasteiger partial charge in [-0.2, -0.15) is 14.9 Å². The molecule has 170 valence electrons. The number of halogens is 1. The van der Waals surface area contributed by atoms with Gasteiger partial charge >= 0.3 is 0 Å². The fraction of sp³-hybridized carbons (Fsp3) is 0.125. The van der Waals surface area contributed by atoms with E-state index in [4.69, 9.17) is 16.3 Å². The summed E-state index contributed by atoms with van der Waals surface area (Å²) < 4.78 is 8.86. The predicted molar refractivity (Wildman–Crippen MR) is 129 cm³/mol. The summed E-state index contributed by atoms with van der Waals surface area (Å²) in [5, 5.41) is 13.2. The molecule has 9 nitrogen and oxygen atoms in total. The molecule has 0 spiro atoms. The van der Waals surface area contributed by atoms with Gasteiger partial charge in [-0.05, 0) is 44.2 Å². The van der Waals surface area contributed by atoms with Crippen molar-refractivity contribution in [1.82, 2.24) is 29.5 Å². The van der Waals surface area contributed by atoms with Crippen LogP contribution in [-0.2, 0) is 0 Å². The van der Waals surface area contributed by atoms with Crippen LogP contribution in [0, 0.1) is 6.92 Å². The number of nitrogens with one attached hydrogen (secondary N) is 1. The van der Waals surface area contributed by atoms with Crippen molar-refractivity contribution in [1.29, 1.82) is 0 Å². The van der Waals surface area contributed by atoms with E-state index in [9.17, 15) is 4.79 Å². The third-order valence-corrected chi connectivity index (χ3v) is 5.34. The molecule has 0 saturated heterocycles. The number of carbonyl (C=O) groups excluding carboxylic acids is 1. The van der Waals surface area contributed by atoms with Crippen LogP contribution >= 0.6 is 11.6 Å². The van der Waals surface area contributed by atoms with Gasteiger partial charge in [0, 0.05) is 11.1 Å². The van der Waals surface area contributed by atoms with E-state index in [1.54, 1.807) is 52.0 Å². The van der Waals surface area contributed by atoms with Crippen molar-refractivity contribution in [3.63, 3.8) is 0 Å². The summed E-state index contributed by atoms with van der Waals surface area (Å²) in [6, 6.07) is 16.2. The number of para-hydroxylation sites is 1. The lowest BCUT2D eigenvalue weighted by Gasteiger charge is -2.12. The van der Waals surface area contributed by atoms with Gasteiger partial charge in [0.1, 0.15) is 17.9 Å². The van der Waals surface area contributed by atoms with Gasteiger partial charge in [0.15, 0.2) is 11.5 Å². The van der Waals surface area contributed by atoms with Crippen LogP contribution in [0.4, 0.5) is 5.82 Å². The Morgan fingerprint density at radius 2 is 1.94 bits per heavy atom. The fourth-order valence-corrected chi connectivity index (χ4v) is 3.85. The highest BCUT2D eigenvalue weighted by Crippen LogP contribution is 2.26. The molecule has 3 aromatic heterocycles. The Labute approximate surface area is 200 Å². The molecule has 0 aliphatic carbocycles. The van der Waals surface area contributed by atoms with Gasteiger partial charge < -0.3 is 10.1 Å². The predicted octanol–water partition coefficient (Wildman–Crippen LogP) is 4.61. The minimum absolute atomic E-state index is 0.315. The molecule has 1 N–H and O–H groups in total. The Hall–Kier alpha value is -4.24. The third-order valence-electron chi connectivity index (χ3n) is 5.10. The molecule has 1 amide bonds. The Morgan fingerprint density at radius 3 is 2.76 bits per heavy atom. The first-order valence-corrected chi connectivity index (χ1v) is 11.0. The standard InChI is InChI=1S/C24H20ClN7O2/c1-3-34-20-10-5-4-9-18(20)24(33)29-21-11-15(2)30-32(21)23-19-13-28-31(22(19)26-14-27-23)17-8-6-7-16(25)12-17/h4-14H,3H2,1-2H3,(H,29,33). The van der Waals surface area contributed by atoms with Crippen LogP contribution in [0.5, 0.6) is 5.75 Å². The highest BCUT2D eigenvalue weighted by molar-refractivity contribution is 6.30. The number of amides is 1. The van der Waals surface area contributed by atoms with Crippen LogP contribution in [0.15, 0.2) is 67.1 Å². The zero-order chi connectivity index (χ0) is 23.7. The van der Waals surface area contributed by atoms with Gasteiger partial charge in [-0.15, -0.1) is 0 Å². The van der Waals surface area contributed by atoms with Gasteiger partial charge in [0.05, 0.1) is 35.1 Å². The first-order chi connectivity index (χ1) is 16.5. The van der Waals surface area contributed by atoms with Crippen molar-refractivity contribution in [2.75, 3.05) is 11.9 Å². The SMILES string of the molecule is CCOc1ccccc1C(=O)Nc1cc(C)nn1-c1ncnc2c1cnn2-c1cccc(Cl)c1. The number of anilines is 1. The van der Waals surface area contributed by atoms with Crippen molar-refractivity contribution >= 4 is 34.4 Å². The summed E-state index contributed by atoms with van der Waals surface area (Å²) in [6.07, 6.45) is 3.10. The van der Waals surface area contributed by atoms with Crippen molar-refractivity contribution in [3.8, 4) is 17.3 Å². The zero-order valence-electron chi connectivity index (χ0n) is 18.4. The molecular weight excluding hydrogens is 454 g/mol. The molecule has 0 saturated carbocycles. The number of aryl methyl sites for hydroxylation is 1. The smallest absolute Gasteiger partial charge is 0.260 e. The molecule has 0 bridgehead atoms. The number of carbonyl (C=O) groups is 1. The monoisotopic (exact) mass is 473 g/mol. The molecule has 0 aliphatic rings. The maximum Gasteiger partial charge on any atom is 0.260 e. The summed E-state index contributed by atoms with van der Waals surface area (Å²) in [7, 11) is 0. The molecule has 2 aromatic carbocycles. The van der Waals surface area contributed by atoms with Gasteiger partial charge in [-0.1, -0.05) is 29.8 Å². The zero-order valence-corrected chi connectivity index (χ0v) is 19.2. The van der Waals surface area contributed by atoms with E-state index in [1.807, 2.05) is 32.0 Å². The largest absolute Gasteiger partial charge is 0.493 e. The van der Waals surface area contributed by atoms with Gasteiger partial charge in [-0.3, -0.25) is 4.79 Å². The molecule has 5 rings (SSSR count). The molecule has 3 heterocycles. The minimum atomic E-state index is -0.315. The normalized spacial score (nSPS) is 11.0. The molecule has 0 radical (unpaired) electrons. The maximum atomic E-state index is 13.1. The van der Waals surface area contributed by atoms with E-state index in [0.29, 0.717) is 51.3 Å². The number of hydrogen-bond acceptors (Lipinski definition) is 6. The van der Waals surface area contributed by atoms with Gasteiger partial charge in [0.25, 0.3) is 5.91 Å². The first kappa shape index (κ1) is 21.6. The van der Waals surface area contributed by atoms with E-state index >= 15 is 0 Å². The number of benzene rings is 2. The number of rotatable bonds is 6. The average molecular weight is 474 g/mol. The maximum absolute atomic E-state index is 13.1. The molecule has 0 unspecified atom stereocenters. The van der Waals surface area contributed by atoms with E-state index in [1.165, 1.54) is 6.33 Å². The average Bonchev–Trinajstić information content (AvgIpc) is 3.43. The number of ether oxygens (including phenoxy) is 1. The Bertz CT molecular complexity index is 1510. The molecule has 0 atom stereocenters.